The van der Waals surface area contributed by atoms with Crippen molar-refractivity contribution >= 4 is 5.97 Å². The molecular weight excluding hydrogens is 277 g/mol. The van der Waals surface area contributed by atoms with Crippen molar-refractivity contribution in [1.29, 1.82) is 0 Å². The first kappa shape index (κ1) is 13.8. The number of methoxy groups -OCH3 is 1. The van der Waals surface area contributed by atoms with E-state index in [9.17, 15) is 4.79 Å². The summed E-state index contributed by atoms with van der Waals surface area (Å²) < 4.78 is 4.46. The Morgan fingerprint density at radius 1 is 1.07 bits per heavy atom. The van der Waals surface area contributed by atoms with Crippen LogP contribution in [0.25, 0.3) is 0 Å². The molecule has 2 aromatic rings. The second-order valence-corrected chi connectivity index (χ2v) is 2.63. The van der Waals surface area contributed by atoms with Crippen molar-refractivity contribution in [3.8, 4) is 0 Å². The quantitative estimate of drug-likeness (QED) is 0.458. The summed E-state index contributed by atoms with van der Waals surface area (Å²) in [6.07, 6.45) is 0. The number of hydrogen-bond acceptors (Lipinski definition) is 2. The van der Waals surface area contributed by atoms with Crippen LogP contribution >= 0.6 is 0 Å². The first-order valence-electron chi connectivity index (χ1n) is 4.31. The Morgan fingerprint density at radius 3 is 1.80 bits per heavy atom. The summed E-state index contributed by atoms with van der Waals surface area (Å²) in [4.78, 5) is 10.7. The molecule has 2 rings (SSSR count). The van der Waals surface area contributed by atoms with Crippen LogP contribution < -0.4 is 0 Å². The molecule has 0 radical (unpaired) electrons. The van der Waals surface area contributed by atoms with Gasteiger partial charge < -0.3 is 35.1 Å². The SMILES string of the molecule is COC(=O)[c-]1cccc1.[Ru].[cH-]1[cH-][cH-][cH-][cH-]1. The number of rotatable bonds is 1. The summed E-state index contributed by atoms with van der Waals surface area (Å²) in [5.41, 5.74) is 0.609. The third-order valence-electron chi connectivity index (χ3n) is 1.64. The Morgan fingerprint density at radius 2 is 1.47 bits per heavy atom. The Kier molecular flexibility index (Phi) is 7.48. The summed E-state index contributed by atoms with van der Waals surface area (Å²) in [6.45, 7) is 0. The van der Waals surface area contributed by atoms with Crippen LogP contribution in [0.5, 0.6) is 0 Å². The summed E-state index contributed by atoms with van der Waals surface area (Å²) in [6, 6.07) is 17.0. The minimum absolute atomic E-state index is 0. The van der Waals surface area contributed by atoms with Gasteiger partial charge in [-0.15, -0.1) is 0 Å². The van der Waals surface area contributed by atoms with Gasteiger partial charge in [-0.2, -0.15) is 12.1 Å². The minimum atomic E-state index is -0.278. The van der Waals surface area contributed by atoms with Gasteiger partial charge in [0.2, 0.25) is 0 Å². The molecule has 0 saturated carbocycles. The summed E-state index contributed by atoms with van der Waals surface area (Å²) >= 11 is 0. The van der Waals surface area contributed by atoms with E-state index < -0.39 is 0 Å². The predicted molar refractivity (Wildman–Crippen MR) is 55.4 cm³/mol. The molecular formula is C12H12O2Ru-6. The molecule has 0 atom stereocenters. The van der Waals surface area contributed by atoms with Gasteiger partial charge in [0, 0.05) is 19.5 Å². The van der Waals surface area contributed by atoms with Crippen LogP contribution in [0.15, 0.2) is 54.6 Å². The van der Waals surface area contributed by atoms with Gasteiger partial charge in [-0.1, -0.05) is 5.56 Å². The monoisotopic (exact) mass is 290 g/mol. The van der Waals surface area contributed by atoms with E-state index in [1.807, 2.05) is 30.3 Å². The molecule has 0 aliphatic heterocycles. The third-order valence-corrected chi connectivity index (χ3v) is 1.64. The second-order valence-electron chi connectivity index (χ2n) is 2.63. The van der Waals surface area contributed by atoms with E-state index in [0.717, 1.165) is 0 Å². The standard InChI is InChI=1S/C7H7O2.C5H5.Ru/c1-9-7(8)6-4-2-3-5-6;1-2-4-5-3-1;/h2-5H,1H3;1-5H;/q-1;-5;. The molecule has 0 heterocycles. The van der Waals surface area contributed by atoms with Crippen LogP contribution in [0, 0.1) is 0 Å². The van der Waals surface area contributed by atoms with E-state index >= 15 is 0 Å². The van der Waals surface area contributed by atoms with Crippen LogP contribution in [0.2, 0.25) is 0 Å². The second kappa shape index (κ2) is 8.13. The van der Waals surface area contributed by atoms with Gasteiger partial charge in [0.05, 0.1) is 7.11 Å². The molecule has 15 heavy (non-hydrogen) atoms. The molecule has 0 aliphatic carbocycles. The smallest absolute Gasteiger partial charge is 0.280 e. The van der Waals surface area contributed by atoms with Gasteiger partial charge in [-0.05, 0) is 0 Å². The Balaban J connectivity index is 0.000000280. The van der Waals surface area contributed by atoms with Crippen molar-refractivity contribution in [3.63, 3.8) is 0 Å². The van der Waals surface area contributed by atoms with Crippen LogP contribution in [-0.2, 0) is 24.2 Å². The summed E-state index contributed by atoms with van der Waals surface area (Å²) in [5, 5.41) is 0. The van der Waals surface area contributed by atoms with Crippen LogP contribution in [0.4, 0.5) is 0 Å². The molecule has 0 amide bonds. The average molecular weight is 289 g/mol. The molecule has 2 nitrogen and oxygen atoms in total. The molecule has 0 spiro atoms. The van der Waals surface area contributed by atoms with E-state index in [1.54, 1.807) is 24.3 Å². The van der Waals surface area contributed by atoms with Gasteiger partial charge in [0.1, 0.15) is 0 Å². The fourth-order valence-electron chi connectivity index (χ4n) is 0.949. The molecule has 0 bridgehead atoms. The van der Waals surface area contributed by atoms with Crippen molar-refractivity contribution < 1.29 is 29.0 Å². The summed E-state index contributed by atoms with van der Waals surface area (Å²) in [7, 11) is 1.37. The molecule has 0 aromatic heterocycles. The molecule has 0 N–H and O–H groups in total. The fourth-order valence-corrected chi connectivity index (χ4v) is 0.949. The van der Waals surface area contributed by atoms with Gasteiger partial charge >= 0.3 is 0 Å². The maximum absolute atomic E-state index is 10.7. The first-order chi connectivity index (χ1) is 6.84. The molecule has 0 aliphatic rings. The van der Waals surface area contributed by atoms with E-state index in [0.29, 0.717) is 5.56 Å². The zero-order valence-electron chi connectivity index (χ0n) is 8.37. The molecule has 0 fully saturated rings. The largest absolute Gasteiger partial charge is 0.748 e. The number of ether oxygens (including phenoxy) is 1. The third kappa shape index (κ3) is 5.28. The van der Waals surface area contributed by atoms with Gasteiger partial charge in [0.15, 0.2) is 0 Å². The van der Waals surface area contributed by atoms with Crippen molar-refractivity contribution in [3.05, 3.63) is 60.2 Å². The number of esters is 1. The van der Waals surface area contributed by atoms with E-state index in [1.165, 1.54) is 7.11 Å². The van der Waals surface area contributed by atoms with Crippen LogP contribution in [0.3, 0.4) is 0 Å². The zero-order chi connectivity index (χ0) is 10.2. The average Bonchev–Trinajstić information content (AvgIpc) is 2.91. The fraction of sp³-hybridized carbons (Fsp3) is 0.0833. The van der Waals surface area contributed by atoms with Crippen molar-refractivity contribution in [2.24, 2.45) is 0 Å². The maximum atomic E-state index is 10.7. The van der Waals surface area contributed by atoms with Crippen LogP contribution in [0.1, 0.15) is 10.4 Å². The van der Waals surface area contributed by atoms with E-state index in [2.05, 4.69) is 4.74 Å². The number of hydrogen-bond donors (Lipinski definition) is 0. The van der Waals surface area contributed by atoms with Crippen molar-refractivity contribution in [2.45, 2.75) is 0 Å². The Hall–Kier alpha value is -1.21. The molecule has 86 valence electrons. The Bertz CT molecular complexity index is 318. The topological polar surface area (TPSA) is 26.3 Å². The predicted octanol–water partition coefficient (Wildman–Crippen LogP) is 2.60. The first-order valence-corrected chi connectivity index (χ1v) is 4.31. The van der Waals surface area contributed by atoms with Gasteiger partial charge in [0.25, 0.3) is 5.97 Å². The Labute approximate surface area is 102 Å². The zero-order valence-corrected chi connectivity index (χ0v) is 10.1. The molecule has 0 saturated heterocycles. The summed E-state index contributed by atoms with van der Waals surface area (Å²) in [5.74, 6) is -0.278. The van der Waals surface area contributed by atoms with E-state index in [4.69, 9.17) is 0 Å². The van der Waals surface area contributed by atoms with E-state index in [-0.39, 0.29) is 25.4 Å². The molecule has 0 unspecified atom stereocenters. The van der Waals surface area contributed by atoms with Crippen LogP contribution in [-0.4, -0.2) is 13.1 Å². The molecule has 2 aromatic carbocycles. The minimum Gasteiger partial charge on any atom is -0.748 e. The molecule has 3 heteroatoms. The number of carbonyl (C=O) groups excluding carboxylic acids is 1. The normalized spacial score (nSPS) is 8.07. The van der Waals surface area contributed by atoms with Gasteiger partial charge in [-0.3, -0.25) is 4.79 Å². The van der Waals surface area contributed by atoms with Crippen molar-refractivity contribution in [1.82, 2.24) is 0 Å². The van der Waals surface area contributed by atoms with Crippen molar-refractivity contribution in [2.75, 3.05) is 7.11 Å². The maximum Gasteiger partial charge on any atom is 0.280 e. The number of carbonyl (C=O) groups is 1. The van der Waals surface area contributed by atoms with Gasteiger partial charge in [-0.25, -0.2) is 12.1 Å².